The fraction of sp³-hybridized carbons (Fsp3) is 0.250. The molecule has 9 nitrogen and oxygen atoms in total. The highest BCUT2D eigenvalue weighted by Crippen LogP contribution is 2.31. The molecule has 2 aromatic carbocycles. The normalized spacial score (nSPS) is 18.1. The second-order valence-electron chi connectivity index (χ2n) is 7.04. The summed E-state index contributed by atoms with van der Waals surface area (Å²) in [5.74, 6) is -1.48. The number of rotatable bonds is 4. The van der Waals surface area contributed by atoms with Gasteiger partial charge in [-0.2, -0.15) is 13.2 Å². The van der Waals surface area contributed by atoms with Gasteiger partial charge in [-0.05, 0) is 36.4 Å². The van der Waals surface area contributed by atoms with Gasteiger partial charge in [0.15, 0.2) is 23.6 Å². The summed E-state index contributed by atoms with van der Waals surface area (Å²) < 4.78 is 48.6. The molecule has 0 spiro atoms. The minimum absolute atomic E-state index is 0.0227. The van der Waals surface area contributed by atoms with Crippen molar-refractivity contribution in [2.75, 3.05) is 29.1 Å². The number of benzene rings is 2. The van der Waals surface area contributed by atoms with Crippen LogP contribution in [-0.2, 0) is 20.5 Å². The zero-order valence-electron chi connectivity index (χ0n) is 16.3. The van der Waals surface area contributed by atoms with E-state index in [9.17, 15) is 27.9 Å². The van der Waals surface area contributed by atoms with Gasteiger partial charge in [0.1, 0.15) is 0 Å². The van der Waals surface area contributed by atoms with Crippen LogP contribution in [0.5, 0.6) is 0 Å². The van der Waals surface area contributed by atoms with E-state index in [1.54, 1.807) is 6.07 Å². The second-order valence-corrected chi connectivity index (χ2v) is 7.04. The Bertz CT molecular complexity index is 1160. The van der Waals surface area contributed by atoms with E-state index >= 15 is 0 Å². The summed E-state index contributed by atoms with van der Waals surface area (Å²) in [7, 11) is 0. The van der Waals surface area contributed by atoms with Gasteiger partial charge >= 0.3 is 6.18 Å². The number of carbonyl (C=O) groups excluding carboxylic acids is 2. The van der Waals surface area contributed by atoms with Gasteiger partial charge in [0.25, 0.3) is 11.8 Å². The minimum atomic E-state index is -4.51. The number of nitrogens with zero attached hydrogens (tertiary/aromatic N) is 2. The molecule has 1 aliphatic rings. The van der Waals surface area contributed by atoms with E-state index in [1.165, 1.54) is 12.1 Å². The van der Waals surface area contributed by atoms with Crippen LogP contribution in [0, 0.1) is 0 Å². The number of fused-ring (bicyclic) bond motifs is 1. The summed E-state index contributed by atoms with van der Waals surface area (Å²) >= 11 is 0. The first-order valence-electron chi connectivity index (χ1n) is 9.39. The number of hydrogen-bond acceptors (Lipinski definition) is 7. The molecule has 0 aliphatic carbocycles. The number of nitrogens with two attached hydrogens (primary N) is 1. The highest BCUT2D eigenvalue weighted by Gasteiger charge is 2.39. The van der Waals surface area contributed by atoms with Gasteiger partial charge in [-0.3, -0.25) is 9.59 Å². The molecule has 2 heterocycles. The van der Waals surface area contributed by atoms with Crippen molar-refractivity contribution in [2.24, 2.45) is 0 Å². The van der Waals surface area contributed by atoms with Gasteiger partial charge in [0.2, 0.25) is 0 Å². The molecular weight excluding hydrogens is 433 g/mol. The van der Waals surface area contributed by atoms with Crippen LogP contribution in [0.1, 0.15) is 5.56 Å². The number of aliphatic hydroxyl groups excluding tert-OH is 1. The van der Waals surface area contributed by atoms with Crippen molar-refractivity contribution in [1.82, 2.24) is 5.16 Å². The smallest absolute Gasteiger partial charge is 0.380 e. The van der Waals surface area contributed by atoms with Gasteiger partial charge in [-0.25, -0.2) is 0 Å². The molecule has 1 aliphatic heterocycles. The lowest BCUT2D eigenvalue weighted by molar-refractivity contribution is -0.150. The van der Waals surface area contributed by atoms with Crippen LogP contribution in [-0.4, -0.2) is 47.4 Å². The molecule has 1 saturated heterocycles. The lowest BCUT2D eigenvalue weighted by atomic mass is 10.1. The summed E-state index contributed by atoms with van der Waals surface area (Å²) in [6.45, 7) is 0.0314. The highest BCUT2D eigenvalue weighted by atomic mass is 19.4. The number of nitrogen functional groups attached to an aromatic ring is 1. The second kappa shape index (κ2) is 8.13. The molecule has 4 N–H and O–H groups in total. The van der Waals surface area contributed by atoms with Crippen LogP contribution >= 0.6 is 0 Å². The minimum Gasteiger partial charge on any atom is -0.380 e. The largest absolute Gasteiger partial charge is 0.416 e. The number of aliphatic hydroxyl groups is 1. The van der Waals surface area contributed by atoms with Crippen molar-refractivity contribution in [3.63, 3.8) is 0 Å². The van der Waals surface area contributed by atoms with E-state index in [0.717, 1.165) is 29.2 Å². The molecule has 12 heteroatoms. The van der Waals surface area contributed by atoms with Crippen LogP contribution in [0.15, 0.2) is 47.0 Å². The number of carbonyl (C=O) groups is 2. The van der Waals surface area contributed by atoms with Gasteiger partial charge in [-0.15, -0.1) is 0 Å². The van der Waals surface area contributed by atoms with Crippen molar-refractivity contribution in [1.29, 1.82) is 0 Å². The molecule has 32 heavy (non-hydrogen) atoms. The maximum absolute atomic E-state index is 12.8. The lowest BCUT2D eigenvalue weighted by Crippen LogP contribution is -2.55. The molecule has 1 unspecified atom stereocenters. The molecule has 3 aromatic rings. The van der Waals surface area contributed by atoms with Gasteiger partial charge < -0.3 is 30.3 Å². The number of morpholine rings is 1. The molecular formula is C20H17F3N4O5. The zero-order chi connectivity index (χ0) is 23.0. The van der Waals surface area contributed by atoms with Crippen LogP contribution in [0.4, 0.5) is 30.4 Å². The Labute approximate surface area is 178 Å². The fourth-order valence-electron chi connectivity index (χ4n) is 3.31. The Kier molecular flexibility index (Phi) is 5.48. The summed E-state index contributed by atoms with van der Waals surface area (Å²) in [6, 6.07) is 8.52. The average Bonchev–Trinajstić information content (AvgIpc) is 3.13. The molecule has 0 radical (unpaired) electrons. The van der Waals surface area contributed by atoms with Crippen LogP contribution in [0.2, 0.25) is 0 Å². The first-order valence-corrected chi connectivity index (χ1v) is 9.39. The van der Waals surface area contributed by atoms with Crippen molar-refractivity contribution in [3.05, 3.63) is 48.0 Å². The lowest BCUT2D eigenvalue weighted by Gasteiger charge is -2.34. The predicted octanol–water partition coefficient (Wildman–Crippen LogP) is 2.16. The topological polar surface area (TPSA) is 131 Å². The third-order valence-corrected chi connectivity index (χ3v) is 4.95. The number of nitrogens with one attached hydrogen (secondary N) is 1. The van der Waals surface area contributed by atoms with E-state index in [4.69, 9.17) is 15.0 Å². The monoisotopic (exact) mass is 450 g/mol. The van der Waals surface area contributed by atoms with Crippen molar-refractivity contribution < 1.29 is 37.1 Å². The molecule has 0 saturated carbocycles. The van der Waals surface area contributed by atoms with Crippen molar-refractivity contribution >= 4 is 40.0 Å². The number of amides is 2. The van der Waals surface area contributed by atoms with Gasteiger partial charge in [0, 0.05) is 24.0 Å². The zero-order valence-corrected chi connectivity index (χ0v) is 16.3. The van der Waals surface area contributed by atoms with E-state index < -0.39 is 35.8 Å². The maximum atomic E-state index is 12.8. The SMILES string of the molecule is Nc1noc2cc(NC(=O)C(O)[C@H]3OCCN(c4ccc(C(F)(F)F)cc4)C3=O)ccc12. The third kappa shape index (κ3) is 4.09. The quantitative estimate of drug-likeness (QED) is 0.555. The molecule has 2 atom stereocenters. The summed E-state index contributed by atoms with van der Waals surface area (Å²) in [5.41, 5.74) is 5.54. The van der Waals surface area contributed by atoms with E-state index in [1.807, 2.05) is 0 Å². The standard InChI is InChI=1S/C20H17F3N4O5/c21-20(22,23)10-1-4-12(5-2-10)27-7-8-31-16(19(27)30)15(28)18(29)25-11-3-6-13-14(9-11)32-26-17(13)24/h1-6,9,15-16,28H,7-8H2,(H2,24,26)(H,25,29)/t15?,16-/m1/s1. The number of ether oxygens (including phenoxy) is 1. The first kappa shape index (κ1) is 21.6. The van der Waals surface area contributed by atoms with Crippen LogP contribution < -0.4 is 16.0 Å². The van der Waals surface area contributed by atoms with Gasteiger partial charge in [0.05, 0.1) is 17.6 Å². The van der Waals surface area contributed by atoms with Gasteiger partial charge in [-0.1, -0.05) is 5.16 Å². The fourth-order valence-corrected chi connectivity index (χ4v) is 3.31. The third-order valence-electron chi connectivity index (χ3n) is 4.95. The van der Waals surface area contributed by atoms with Crippen molar-refractivity contribution in [2.45, 2.75) is 18.4 Å². The number of hydrogen-bond donors (Lipinski definition) is 3. The number of aromatic nitrogens is 1. The van der Waals surface area contributed by atoms with Crippen molar-refractivity contribution in [3.8, 4) is 0 Å². The Morgan fingerprint density at radius 3 is 2.66 bits per heavy atom. The Morgan fingerprint density at radius 1 is 1.25 bits per heavy atom. The van der Waals surface area contributed by atoms with E-state index in [2.05, 4.69) is 10.5 Å². The molecule has 1 aromatic heterocycles. The molecule has 4 rings (SSSR count). The highest BCUT2D eigenvalue weighted by molar-refractivity contribution is 6.04. The maximum Gasteiger partial charge on any atom is 0.416 e. The summed E-state index contributed by atoms with van der Waals surface area (Å²) in [4.78, 5) is 26.4. The molecule has 1 fully saturated rings. The average molecular weight is 450 g/mol. The summed E-state index contributed by atoms with van der Waals surface area (Å²) in [5, 5.41) is 17.0. The summed E-state index contributed by atoms with van der Waals surface area (Å²) in [6.07, 6.45) is -7.91. The molecule has 0 bridgehead atoms. The van der Waals surface area contributed by atoms with Crippen LogP contribution in [0.25, 0.3) is 11.0 Å². The predicted molar refractivity (Wildman–Crippen MR) is 107 cm³/mol. The van der Waals surface area contributed by atoms with E-state index in [0.29, 0.717) is 11.0 Å². The Balaban J connectivity index is 1.47. The number of halogens is 3. The van der Waals surface area contributed by atoms with E-state index in [-0.39, 0.29) is 30.3 Å². The Hall–Kier alpha value is -3.64. The number of alkyl halides is 3. The van der Waals surface area contributed by atoms with Crippen LogP contribution in [0.3, 0.4) is 0 Å². The molecule has 2 amide bonds. The Morgan fingerprint density at radius 2 is 1.97 bits per heavy atom. The number of anilines is 3. The molecule has 168 valence electrons. The first-order chi connectivity index (χ1) is 15.1.